The molecule has 3 N–H and O–H groups in total. The molecule has 0 radical (unpaired) electrons. The first-order chi connectivity index (χ1) is 13.3. The van der Waals surface area contributed by atoms with Crippen LogP contribution in [-0.4, -0.2) is 35.6 Å². The number of aliphatic imine (C=N–C) groups is 1. The van der Waals surface area contributed by atoms with Gasteiger partial charge in [-0.1, -0.05) is 24.3 Å². The Morgan fingerprint density at radius 2 is 1.79 bits per heavy atom. The van der Waals surface area contributed by atoms with Gasteiger partial charge in [-0.25, -0.2) is 0 Å². The molecule has 1 heterocycles. The largest absolute Gasteiger partial charge is 0.491 e. The number of fused-ring (bicyclic) bond motifs is 1. The molecule has 0 aromatic heterocycles. The Bertz CT molecular complexity index is 818. The first-order valence-electron chi connectivity index (χ1n) is 9.99. The maximum atomic E-state index is 6.13. The van der Waals surface area contributed by atoms with Crippen molar-refractivity contribution in [2.75, 3.05) is 18.4 Å². The third-order valence-electron chi connectivity index (χ3n) is 5.12. The van der Waals surface area contributed by atoms with Crippen LogP contribution in [0, 0.1) is 0 Å². The van der Waals surface area contributed by atoms with Crippen molar-refractivity contribution < 1.29 is 4.74 Å². The van der Waals surface area contributed by atoms with Crippen LogP contribution in [0.4, 0.5) is 5.69 Å². The van der Waals surface area contributed by atoms with Gasteiger partial charge in [0.05, 0.1) is 12.6 Å². The molecule has 1 aliphatic rings. The second-order valence-electron chi connectivity index (χ2n) is 8.27. The molecule has 0 spiro atoms. The van der Waals surface area contributed by atoms with Crippen LogP contribution < -0.4 is 15.8 Å². The van der Waals surface area contributed by atoms with Crippen molar-refractivity contribution in [1.29, 1.82) is 0 Å². The zero-order valence-electron chi connectivity index (χ0n) is 17.8. The van der Waals surface area contributed by atoms with E-state index in [-0.39, 0.29) is 35.6 Å². The number of hydrogen-bond donors (Lipinski definition) is 2. The van der Waals surface area contributed by atoms with Gasteiger partial charge in [0, 0.05) is 24.3 Å². The highest BCUT2D eigenvalue weighted by Crippen LogP contribution is 2.25. The van der Waals surface area contributed by atoms with E-state index in [4.69, 9.17) is 10.5 Å². The quantitative estimate of drug-likeness (QED) is 0.339. The Labute approximate surface area is 191 Å². The fraction of sp³-hybridized carbons (Fsp3) is 0.435. The van der Waals surface area contributed by atoms with E-state index >= 15 is 0 Å². The minimum Gasteiger partial charge on any atom is -0.491 e. The van der Waals surface area contributed by atoms with Crippen LogP contribution in [-0.2, 0) is 13.0 Å². The van der Waals surface area contributed by atoms with Crippen LogP contribution in [0.5, 0.6) is 5.75 Å². The zero-order chi connectivity index (χ0) is 20.1. The van der Waals surface area contributed by atoms with Crippen molar-refractivity contribution >= 4 is 35.6 Å². The van der Waals surface area contributed by atoms with Crippen LogP contribution in [0.25, 0.3) is 0 Å². The Morgan fingerprint density at radius 1 is 1.14 bits per heavy atom. The summed E-state index contributed by atoms with van der Waals surface area (Å²) in [4.78, 5) is 7.09. The molecule has 6 heteroatoms. The fourth-order valence-corrected chi connectivity index (χ4v) is 3.47. The van der Waals surface area contributed by atoms with Crippen molar-refractivity contribution in [1.82, 2.24) is 4.90 Å². The van der Waals surface area contributed by atoms with Crippen molar-refractivity contribution in [3.05, 3.63) is 59.7 Å². The van der Waals surface area contributed by atoms with E-state index in [0.29, 0.717) is 12.5 Å². The topological polar surface area (TPSA) is 62.9 Å². The van der Waals surface area contributed by atoms with Gasteiger partial charge in [0.2, 0.25) is 0 Å². The number of guanidine groups is 1. The molecule has 2 aromatic carbocycles. The van der Waals surface area contributed by atoms with E-state index < -0.39 is 0 Å². The molecule has 0 saturated heterocycles. The van der Waals surface area contributed by atoms with Gasteiger partial charge in [0.25, 0.3) is 0 Å². The Kier molecular flexibility index (Phi) is 8.34. The standard InChI is InChI=1S/C23H32N4O.HI/c1-17(2)28-21-11-9-20(10-12-21)26-22(24)25-16-23(3,4)27-14-13-18-7-5-6-8-19(18)15-27;/h5-12,17H,13-16H2,1-4H3,(H3,24,25,26);1H. The number of nitrogens with one attached hydrogen (secondary N) is 1. The summed E-state index contributed by atoms with van der Waals surface area (Å²) < 4.78 is 5.66. The lowest BCUT2D eigenvalue weighted by Gasteiger charge is -2.40. The summed E-state index contributed by atoms with van der Waals surface area (Å²) in [6, 6.07) is 16.5. The highest BCUT2D eigenvalue weighted by atomic mass is 127. The van der Waals surface area contributed by atoms with E-state index in [1.807, 2.05) is 38.1 Å². The van der Waals surface area contributed by atoms with Gasteiger partial charge in [0.1, 0.15) is 5.75 Å². The number of nitrogens with two attached hydrogens (primary N) is 1. The molecule has 0 amide bonds. The molecular weight excluding hydrogens is 475 g/mol. The molecule has 5 nitrogen and oxygen atoms in total. The van der Waals surface area contributed by atoms with E-state index in [1.54, 1.807) is 0 Å². The number of hydrogen-bond acceptors (Lipinski definition) is 3. The van der Waals surface area contributed by atoms with E-state index in [9.17, 15) is 0 Å². The number of ether oxygens (including phenoxy) is 1. The number of anilines is 1. The van der Waals surface area contributed by atoms with Crippen molar-refractivity contribution in [3.8, 4) is 5.75 Å². The maximum absolute atomic E-state index is 6.13. The zero-order valence-corrected chi connectivity index (χ0v) is 20.1. The lowest BCUT2D eigenvalue weighted by molar-refractivity contribution is 0.112. The minimum atomic E-state index is -0.0607. The summed E-state index contributed by atoms with van der Waals surface area (Å²) in [5, 5.41) is 3.17. The fourth-order valence-electron chi connectivity index (χ4n) is 3.47. The summed E-state index contributed by atoms with van der Waals surface area (Å²) >= 11 is 0. The summed E-state index contributed by atoms with van der Waals surface area (Å²) in [7, 11) is 0. The van der Waals surface area contributed by atoms with E-state index in [1.165, 1.54) is 11.1 Å². The minimum absolute atomic E-state index is 0. The summed E-state index contributed by atoms with van der Waals surface area (Å²) in [5.41, 5.74) is 9.85. The average Bonchev–Trinajstić information content (AvgIpc) is 2.67. The van der Waals surface area contributed by atoms with Gasteiger partial charge in [-0.15, -0.1) is 24.0 Å². The number of rotatable bonds is 6. The second-order valence-corrected chi connectivity index (χ2v) is 8.27. The monoisotopic (exact) mass is 508 g/mol. The molecular formula is C23H33IN4O. The highest BCUT2D eigenvalue weighted by molar-refractivity contribution is 14.0. The predicted octanol–water partition coefficient (Wildman–Crippen LogP) is 4.66. The molecule has 29 heavy (non-hydrogen) atoms. The van der Waals surface area contributed by atoms with Gasteiger partial charge >= 0.3 is 0 Å². The first kappa shape index (κ1) is 23.5. The number of benzene rings is 2. The van der Waals surface area contributed by atoms with Crippen molar-refractivity contribution in [2.45, 2.75) is 52.3 Å². The Morgan fingerprint density at radius 3 is 2.45 bits per heavy atom. The van der Waals surface area contributed by atoms with Crippen LogP contribution in [0.3, 0.4) is 0 Å². The van der Waals surface area contributed by atoms with Crippen LogP contribution in [0.15, 0.2) is 53.5 Å². The number of halogens is 1. The molecule has 0 aliphatic carbocycles. The molecule has 0 saturated carbocycles. The molecule has 3 rings (SSSR count). The lowest BCUT2D eigenvalue weighted by Crippen LogP contribution is -2.49. The van der Waals surface area contributed by atoms with Gasteiger partial charge in [0.15, 0.2) is 5.96 Å². The van der Waals surface area contributed by atoms with Gasteiger partial charge in [-0.3, -0.25) is 9.89 Å². The Hall–Kier alpha value is -1.80. The van der Waals surface area contributed by atoms with Crippen molar-refractivity contribution in [2.24, 2.45) is 10.7 Å². The lowest BCUT2D eigenvalue weighted by atomic mass is 9.94. The second kappa shape index (κ2) is 10.3. The third-order valence-corrected chi connectivity index (χ3v) is 5.12. The smallest absolute Gasteiger partial charge is 0.193 e. The average molecular weight is 508 g/mol. The molecule has 1 aliphatic heterocycles. The van der Waals surface area contributed by atoms with Crippen molar-refractivity contribution in [3.63, 3.8) is 0 Å². The predicted molar refractivity (Wildman–Crippen MR) is 132 cm³/mol. The van der Waals surface area contributed by atoms with E-state index in [2.05, 4.69) is 53.3 Å². The summed E-state index contributed by atoms with van der Waals surface area (Å²) in [5.74, 6) is 1.28. The SMILES string of the molecule is CC(C)Oc1ccc(NC(N)=NCC(C)(C)N2CCc3ccccc3C2)cc1.I. The highest BCUT2D eigenvalue weighted by Gasteiger charge is 2.29. The van der Waals surface area contributed by atoms with Crippen LogP contribution in [0.2, 0.25) is 0 Å². The molecule has 2 aromatic rings. The van der Waals surface area contributed by atoms with Gasteiger partial charge in [-0.05, 0) is 69.5 Å². The summed E-state index contributed by atoms with van der Waals surface area (Å²) in [6.07, 6.45) is 1.25. The first-order valence-corrected chi connectivity index (χ1v) is 9.99. The summed E-state index contributed by atoms with van der Waals surface area (Å²) in [6.45, 7) is 11.1. The molecule has 158 valence electrons. The normalized spacial score (nSPS) is 14.9. The van der Waals surface area contributed by atoms with Crippen LogP contribution >= 0.6 is 24.0 Å². The molecule has 0 unspecified atom stereocenters. The van der Waals surface area contributed by atoms with Crippen LogP contribution in [0.1, 0.15) is 38.8 Å². The van der Waals surface area contributed by atoms with Gasteiger partial charge < -0.3 is 15.8 Å². The number of nitrogens with zero attached hydrogens (tertiary/aromatic N) is 2. The third kappa shape index (κ3) is 6.60. The maximum Gasteiger partial charge on any atom is 0.193 e. The van der Waals surface area contributed by atoms with Gasteiger partial charge in [-0.2, -0.15) is 0 Å². The molecule has 0 bridgehead atoms. The molecule has 0 atom stereocenters. The Balaban J connectivity index is 0.00000300. The molecule has 0 fully saturated rings. The van der Waals surface area contributed by atoms with E-state index in [0.717, 1.165) is 30.9 Å².